The van der Waals surface area contributed by atoms with E-state index in [9.17, 15) is 4.39 Å². The Morgan fingerprint density at radius 3 is 2.62 bits per heavy atom. The molecule has 0 atom stereocenters. The number of aromatic nitrogens is 3. The van der Waals surface area contributed by atoms with Gasteiger partial charge in [-0.15, -0.1) is 35.0 Å². The molecule has 9 heteroatoms. The normalized spacial score (nSPS) is 14.4. The van der Waals surface area contributed by atoms with Crippen LogP contribution in [0, 0.1) is 5.82 Å². The van der Waals surface area contributed by atoms with E-state index in [2.05, 4.69) is 37.5 Å². The van der Waals surface area contributed by atoms with Gasteiger partial charge in [-0.05, 0) is 49.6 Å². The van der Waals surface area contributed by atoms with Crippen molar-refractivity contribution in [3.05, 3.63) is 66.1 Å². The van der Waals surface area contributed by atoms with E-state index in [1.54, 1.807) is 7.11 Å². The summed E-state index contributed by atoms with van der Waals surface area (Å²) in [5, 5.41) is 14.1. The Bertz CT molecular complexity index is 1250. The Morgan fingerprint density at radius 1 is 1.03 bits per heavy atom. The SMILES string of the molecule is COc1ccc2ncc(F)c(CCN3CCC(Nc4cc5ccccc5nn4)CC3)c2c1.Cl.Cl. The summed E-state index contributed by atoms with van der Waals surface area (Å²) in [6.45, 7) is 2.75. The molecule has 0 radical (unpaired) electrons. The molecule has 0 saturated carbocycles. The largest absolute Gasteiger partial charge is 0.497 e. The molecule has 1 fully saturated rings. The predicted octanol–water partition coefficient (Wildman–Crippen LogP) is 5.29. The molecule has 34 heavy (non-hydrogen) atoms. The number of anilines is 1. The number of nitrogens with zero attached hydrogens (tertiary/aromatic N) is 4. The maximum atomic E-state index is 14.6. The molecule has 0 spiro atoms. The van der Waals surface area contributed by atoms with E-state index in [-0.39, 0.29) is 30.6 Å². The van der Waals surface area contributed by atoms with E-state index in [1.807, 2.05) is 36.4 Å². The van der Waals surface area contributed by atoms with Gasteiger partial charge in [0.2, 0.25) is 0 Å². The molecular weight excluding hydrogens is 476 g/mol. The number of hydrogen-bond donors (Lipinski definition) is 1. The number of pyridine rings is 1. The highest BCUT2D eigenvalue weighted by atomic mass is 35.5. The number of nitrogens with one attached hydrogen (secondary N) is 1. The van der Waals surface area contributed by atoms with Crippen molar-refractivity contribution in [1.82, 2.24) is 20.1 Å². The van der Waals surface area contributed by atoms with Crippen LogP contribution < -0.4 is 10.1 Å². The molecule has 0 unspecified atom stereocenters. The van der Waals surface area contributed by atoms with Crippen LogP contribution in [0.15, 0.2) is 54.7 Å². The summed E-state index contributed by atoms with van der Waals surface area (Å²) in [4.78, 5) is 6.62. The lowest BCUT2D eigenvalue weighted by atomic mass is 10.0. The second-order valence-electron chi connectivity index (χ2n) is 8.27. The van der Waals surface area contributed by atoms with Gasteiger partial charge < -0.3 is 15.0 Å². The Balaban J connectivity index is 0.00000162. The van der Waals surface area contributed by atoms with Gasteiger partial charge in [0.15, 0.2) is 0 Å². The maximum Gasteiger partial charge on any atom is 0.149 e. The lowest BCUT2D eigenvalue weighted by Crippen LogP contribution is -2.40. The Kier molecular flexibility index (Phi) is 8.83. The Morgan fingerprint density at radius 2 is 1.82 bits per heavy atom. The van der Waals surface area contributed by atoms with E-state index in [0.717, 1.165) is 65.8 Å². The minimum absolute atomic E-state index is 0. The molecule has 2 aromatic carbocycles. The van der Waals surface area contributed by atoms with Crippen molar-refractivity contribution in [2.75, 3.05) is 32.1 Å². The first-order chi connectivity index (χ1) is 15.7. The van der Waals surface area contributed by atoms with Crippen LogP contribution in [-0.2, 0) is 6.42 Å². The molecule has 180 valence electrons. The zero-order valence-corrected chi connectivity index (χ0v) is 20.5. The van der Waals surface area contributed by atoms with Gasteiger partial charge in [0.1, 0.15) is 17.4 Å². The van der Waals surface area contributed by atoms with Gasteiger partial charge in [0, 0.05) is 42.0 Å². The predicted molar refractivity (Wildman–Crippen MR) is 139 cm³/mol. The van der Waals surface area contributed by atoms with E-state index in [4.69, 9.17) is 4.74 Å². The van der Waals surface area contributed by atoms with Gasteiger partial charge in [0.25, 0.3) is 0 Å². The number of benzene rings is 2. The molecule has 4 aromatic rings. The molecule has 1 aliphatic heterocycles. The zero-order valence-electron chi connectivity index (χ0n) is 18.9. The van der Waals surface area contributed by atoms with Crippen LogP contribution in [0.5, 0.6) is 5.75 Å². The molecule has 1 aliphatic rings. The van der Waals surface area contributed by atoms with Crippen molar-refractivity contribution in [2.45, 2.75) is 25.3 Å². The number of ether oxygens (including phenoxy) is 1. The highest BCUT2D eigenvalue weighted by Gasteiger charge is 2.20. The van der Waals surface area contributed by atoms with Gasteiger partial charge in [0.05, 0.1) is 24.3 Å². The number of piperidine rings is 1. The van der Waals surface area contributed by atoms with Gasteiger partial charge in [-0.25, -0.2) is 4.39 Å². The number of halogens is 3. The standard InChI is InChI=1S/C25H26FN5O.2ClH/c1-32-19-6-7-24-21(15-19)20(22(26)16-27-24)10-13-31-11-8-18(9-12-31)28-25-14-17-4-2-3-5-23(17)29-30-25;;/h2-7,14-16,18H,8-13H2,1H3,(H,28,30);2*1H. The van der Waals surface area contributed by atoms with Crippen molar-refractivity contribution in [1.29, 1.82) is 0 Å². The fourth-order valence-electron chi connectivity index (χ4n) is 4.42. The smallest absolute Gasteiger partial charge is 0.149 e. The average Bonchev–Trinajstić information content (AvgIpc) is 2.84. The lowest BCUT2D eigenvalue weighted by Gasteiger charge is -2.32. The molecule has 0 amide bonds. The van der Waals surface area contributed by atoms with Crippen LogP contribution in [0.2, 0.25) is 0 Å². The molecule has 1 N–H and O–H groups in total. The lowest BCUT2D eigenvalue weighted by molar-refractivity contribution is 0.221. The molecule has 1 saturated heterocycles. The van der Waals surface area contributed by atoms with Crippen LogP contribution >= 0.6 is 24.8 Å². The van der Waals surface area contributed by atoms with Crippen LogP contribution in [-0.4, -0.2) is 52.9 Å². The monoisotopic (exact) mass is 503 g/mol. The number of likely N-dealkylation sites (tertiary alicyclic amines) is 1. The van der Waals surface area contributed by atoms with Crippen LogP contribution in [0.3, 0.4) is 0 Å². The number of hydrogen-bond acceptors (Lipinski definition) is 6. The van der Waals surface area contributed by atoms with Gasteiger partial charge in [-0.1, -0.05) is 18.2 Å². The topological polar surface area (TPSA) is 63.2 Å². The summed E-state index contributed by atoms with van der Waals surface area (Å²) in [5.41, 5.74) is 2.41. The van der Waals surface area contributed by atoms with E-state index < -0.39 is 0 Å². The van der Waals surface area contributed by atoms with Crippen LogP contribution in [0.4, 0.5) is 10.2 Å². The van der Waals surface area contributed by atoms with Crippen molar-refractivity contribution in [3.8, 4) is 5.75 Å². The Labute approximate surface area is 210 Å². The van der Waals surface area contributed by atoms with Crippen molar-refractivity contribution >= 4 is 52.4 Å². The molecule has 2 aromatic heterocycles. The van der Waals surface area contributed by atoms with Crippen LogP contribution in [0.1, 0.15) is 18.4 Å². The maximum absolute atomic E-state index is 14.6. The third-order valence-electron chi connectivity index (χ3n) is 6.25. The third kappa shape index (κ3) is 5.66. The number of fused-ring (bicyclic) bond motifs is 2. The van der Waals surface area contributed by atoms with Crippen molar-refractivity contribution < 1.29 is 9.13 Å². The summed E-state index contributed by atoms with van der Waals surface area (Å²) in [7, 11) is 1.62. The highest BCUT2D eigenvalue weighted by molar-refractivity contribution is 5.86. The molecule has 5 rings (SSSR count). The molecule has 0 aliphatic carbocycles. The first-order valence-corrected chi connectivity index (χ1v) is 11.0. The van der Waals surface area contributed by atoms with E-state index in [1.165, 1.54) is 6.20 Å². The van der Waals surface area contributed by atoms with E-state index in [0.29, 0.717) is 18.0 Å². The number of methoxy groups -OCH3 is 1. The Hall–Kier alpha value is -2.74. The molecule has 0 bridgehead atoms. The summed E-state index contributed by atoms with van der Waals surface area (Å²) >= 11 is 0. The minimum atomic E-state index is -0.253. The molecule has 3 heterocycles. The average molecular weight is 504 g/mol. The fraction of sp³-hybridized carbons (Fsp3) is 0.320. The summed E-state index contributed by atoms with van der Waals surface area (Å²) < 4.78 is 19.9. The summed E-state index contributed by atoms with van der Waals surface area (Å²) in [5.74, 6) is 1.29. The van der Waals surface area contributed by atoms with Gasteiger partial charge in [-0.2, -0.15) is 0 Å². The van der Waals surface area contributed by atoms with Gasteiger partial charge in [-0.3, -0.25) is 4.98 Å². The minimum Gasteiger partial charge on any atom is -0.497 e. The molecular formula is C25H28Cl2FN5O. The molecule has 6 nitrogen and oxygen atoms in total. The summed E-state index contributed by atoms with van der Waals surface area (Å²) in [6, 6.07) is 16.0. The zero-order chi connectivity index (χ0) is 21.9. The first kappa shape index (κ1) is 25.9. The fourth-order valence-corrected chi connectivity index (χ4v) is 4.42. The van der Waals surface area contributed by atoms with Gasteiger partial charge >= 0.3 is 0 Å². The van der Waals surface area contributed by atoms with E-state index >= 15 is 0 Å². The highest BCUT2D eigenvalue weighted by Crippen LogP contribution is 2.25. The third-order valence-corrected chi connectivity index (χ3v) is 6.25. The number of rotatable bonds is 6. The van der Waals surface area contributed by atoms with Crippen LogP contribution in [0.25, 0.3) is 21.8 Å². The van der Waals surface area contributed by atoms with Crippen molar-refractivity contribution in [2.24, 2.45) is 0 Å². The quantitative estimate of drug-likeness (QED) is 0.385. The first-order valence-electron chi connectivity index (χ1n) is 11.0. The second-order valence-corrected chi connectivity index (χ2v) is 8.27. The second kappa shape index (κ2) is 11.6. The summed E-state index contributed by atoms with van der Waals surface area (Å²) in [6.07, 6.45) is 4.00. The van der Waals surface area contributed by atoms with Crippen molar-refractivity contribution in [3.63, 3.8) is 0 Å².